The van der Waals surface area contributed by atoms with Crippen molar-refractivity contribution in [2.75, 3.05) is 0 Å². The number of halogens is 3. The lowest BCUT2D eigenvalue weighted by molar-refractivity contribution is -0.274. The van der Waals surface area contributed by atoms with E-state index in [1.165, 1.54) is 12.1 Å². The number of benzene rings is 2. The van der Waals surface area contributed by atoms with Gasteiger partial charge in [-0.2, -0.15) is 9.78 Å². The summed E-state index contributed by atoms with van der Waals surface area (Å²) in [5.74, 6) is -1.93. The summed E-state index contributed by atoms with van der Waals surface area (Å²) in [6.07, 6.45) is -4.85. The fourth-order valence-electron chi connectivity index (χ4n) is 2.93. The molecule has 0 radical (unpaired) electrons. The van der Waals surface area contributed by atoms with Crippen molar-refractivity contribution >= 4 is 27.9 Å². The van der Waals surface area contributed by atoms with Crippen molar-refractivity contribution in [1.29, 1.82) is 0 Å². The fraction of sp³-hybridized carbons (Fsp3) is 0.0556. The number of hydrogen-bond donors (Lipinski definition) is 2. The average Bonchev–Trinajstić information content (AvgIpc) is 2.98. The first-order valence-corrected chi connectivity index (χ1v) is 7.88. The molecule has 0 aliphatic rings. The number of carboxylic acids is 1. The van der Waals surface area contributed by atoms with Crippen LogP contribution in [0.25, 0.3) is 27.6 Å². The lowest BCUT2D eigenvalue weighted by Crippen LogP contribution is -2.27. The van der Waals surface area contributed by atoms with E-state index in [9.17, 15) is 27.9 Å². The molecule has 4 rings (SSSR count). The number of alkyl halides is 3. The topological polar surface area (TPSA) is 97.2 Å². The minimum Gasteiger partial charge on any atom is -0.477 e. The van der Waals surface area contributed by atoms with Gasteiger partial charge in [0.15, 0.2) is 5.56 Å². The Hall–Kier alpha value is -3.82. The van der Waals surface area contributed by atoms with Gasteiger partial charge in [-0.15, -0.1) is 13.2 Å². The Morgan fingerprint density at radius 2 is 1.79 bits per heavy atom. The van der Waals surface area contributed by atoms with Crippen LogP contribution in [0.3, 0.4) is 0 Å². The summed E-state index contributed by atoms with van der Waals surface area (Å²) in [4.78, 5) is 27.3. The summed E-state index contributed by atoms with van der Waals surface area (Å²) in [5.41, 5.74) is -0.421. The van der Waals surface area contributed by atoms with Crippen LogP contribution in [0.5, 0.6) is 5.75 Å². The fourth-order valence-corrected chi connectivity index (χ4v) is 2.93. The number of aromatic amines is 1. The van der Waals surface area contributed by atoms with Crippen LogP contribution in [0.1, 0.15) is 10.4 Å². The predicted molar refractivity (Wildman–Crippen MR) is 92.8 cm³/mol. The SMILES string of the molecule is O=C(O)c1c(=O)n(-c2ccc(OC(F)(F)F)cc2)nc2c1[nH]c1ccccc12. The molecule has 4 aromatic rings. The van der Waals surface area contributed by atoms with Gasteiger partial charge in [0.25, 0.3) is 5.56 Å². The highest BCUT2D eigenvalue weighted by Crippen LogP contribution is 2.26. The standard InChI is InChI=1S/C18H10F3N3O4/c19-18(20,21)28-10-7-5-9(6-8-10)24-16(25)13(17(26)27)15-14(23-24)11-3-1-2-4-12(11)22-15/h1-8,22H,(H,26,27). The number of aromatic carboxylic acids is 1. The van der Waals surface area contributed by atoms with Gasteiger partial charge in [-0.3, -0.25) is 4.79 Å². The molecule has 2 N–H and O–H groups in total. The summed E-state index contributed by atoms with van der Waals surface area (Å²) in [6, 6.07) is 11.3. The lowest BCUT2D eigenvalue weighted by Gasteiger charge is -2.10. The second kappa shape index (κ2) is 6.12. The van der Waals surface area contributed by atoms with Crippen LogP contribution in [-0.4, -0.2) is 32.2 Å². The van der Waals surface area contributed by atoms with Gasteiger partial charge in [-0.25, -0.2) is 4.79 Å². The van der Waals surface area contributed by atoms with E-state index in [2.05, 4.69) is 14.8 Å². The number of ether oxygens (including phenoxy) is 1. The molecule has 2 aromatic heterocycles. The van der Waals surface area contributed by atoms with Gasteiger partial charge < -0.3 is 14.8 Å². The molecule has 0 unspecified atom stereocenters. The van der Waals surface area contributed by atoms with Gasteiger partial charge in [0.1, 0.15) is 11.3 Å². The Kier molecular flexibility index (Phi) is 3.84. The molecule has 2 aromatic carbocycles. The summed E-state index contributed by atoms with van der Waals surface area (Å²) in [5, 5.41) is 14.4. The van der Waals surface area contributed by atoms with Crippen LogP contribution in [0, 0.1) is 0 Å². The number of nitrogens with one attached hydrogen (secondary N) is 1. The average molecular weight is 389 g/mol. The van der Waals surface area contributed by atoms with E-state index in [1.807, 2.05) is 0 Å². The summed E-state index contributed by atoms with van der Waals surface area (Å²) in [7, 11) is 0. The highest BCUT2D eigenvalue weighted by Gasteiger charge is 2.31. The smallest absolute Gasteiger partial charge is 0.477 e. The molecule has 142 valence electrons. The monoisotopic (exact) mass is 389 g/mol. The third kappa shape index (κ3) is 2.94. The molecule has 0 atom stereocenters. The Bertz CT molecular complexity index is 1270. The van der Waals surface area contributed by atoms with E-state index < -0.39 is 29.2 Å². The molecule has 2 heterocycles. The normalized spacial score (nSPS) is 11.8. The first-order chi connectivity index (χ1) is 13.2. The van der Waals surface area contributed by atoms with Gasteiger partial charge in [-0.05, 0) is 30.3 Å². The lowest BCUT2D eigenvalue weighted by atomic mass is 10.2. The molecule has 0 aliphatic heterocycles. The first-order valence-electron chi connectivity index (χ1n) is 7.88. The number of rotatable bonds is 3. The zero-order valence-corrected chi connectivity index (χ0v) is 13.8. The second-order valence-corrected chi connectivity index (χ2v) is 5.83. The van der Waals surface area contributed by atoms with Crippen LogP contribution in [0.15, 0.2) is 53.3 Å². The van der Waals surface area contributed by atoms with E-state index in [0.29, 0.717) is 10.9 Å². The molecule has 0 saturated carbocycles. The zero-order valence-electron chi connectivity index (χ0n) is 13.8. The number of fused-ring (bicyclic) bond motifs is 3. The zero-order chi connectivity index (χ0) is 20.1. The third-order valence-electron chi connectivity index (χ3n) is 4.06. The molecule has 0 bridgehead atoms. The highest BCUT2D eigenvalue weighted by molar-refractivity contribution is 6.11. The van der Waals surface area contributed by atoms with Crippen LogP contribution in [0.4, 0.5) is 13.2 Å². The molecule has 0 spiro atoms. The van der Waals surface area contributed by atoms with Crippen molar-refractivity contribution in [3.8, 4) is 11.4 Å². The van der Waals surface area contributed by atoms with E-state index >= 15 is 0 Å². The van der Waals surface area contributed by atoms with Gasteiger partial charge in [-0.1, -0.05) is 18.2 Å². The van der Waals surface area contributed by atoms with Gasteiger partial charge in [0, 0.05) is 10.9 Å². The molecule has 0 fully saturated rings. The van der Waals surface area contributed by atoms with Crippen molar-refractivity contribution in [2.45, 2.75) is 6.36 Å². The van der Waals surface area contributed by atoms with Crippen molar-refractivity contribution in [2.24, 2.45) is 0 Å². The highest BCUT2D eigenvalue weighted by atomic mass is 19.4. The number of aromatic nitrogens is 3. The Labute approximate surface area is 153 Å². The summed E-state index contributed by atoms with van der Waals surface area (Å²) >= 11 is 0. The first kappa shape index (κ1) is 17.6. The molecule has 0 aliphatic carbocycles. The molecule has 28 heavy (non-hydrogen) atoms. The number of carbonyl (C=O) groups is 1. The minimum absolute atomic E-state index is 0.0759. The predicted octanol–water partition coefficient (Wildman–Crippen LogP) is 3.46. The van der Waals surface area contributed by atoms with Crippen molar-refractivity contribution < 1.29 is 27.8 Å². The molecule has 10 heteroatoms. The van der Waals surface area contributed by atoms with E-state index in [1.54, 1.807) is 24.3 Å². The second-order valence-electron chi connectivity index (χ2n) is 5.83. The van der Waals surface area contributed by atoms with Crippen molar-refractivity contribution in [1.82, 2.24) is 14.8 Å². The Balaban J connectivity index is 1.94. The van der Waals surface area contributed by atoms with Crippen molar-refractivity contribution in [3.05, 3.63) is 64.4 Å². The number of carboxylic acid groups (broad SMARTS) is 1. The van der Waals surface area contributed by atoms with Gasteiger partial charge in [0.2, 0.25) is 0 Å². The van der Waals surface area contributed by atoms with Crippen LogP contribution in [0.2, 0.25) is 0 Å². The van der Waals surface area contributed by atoms with Crippen LogP contribution >= 0.6 is 0 Å². The van der Waals surface area contributed by atoms with E-state index in [-0.39, 0.29) is 16.7 Å². The number of H-pyrrole nitrogens is 1. The van der Waals surface area contributed by atoms with E-state index in [0.717, 1.165) is 16.8 Å². The Morgan fingerprint density at radius 3 is 2.43 bits per heavy atom. The largest absolute Gasteiger partial charge is 0.573 e. The number of hydrogen-bond acceptors (Lipinski definition) is 4. The van der Waals surface area contributed by atoms with Crippen molar-refractivity contribution in [3.63, 3.8) is 0 Å². The molecule has 7 nitrogen and oxygen atoms in total. The quantitative estimate of drug-likeness (QED) is 0.559. The molecule has 0 amide bonds. The van der Waals surface area contributed by atoms with Crippen LogP contribution < -0.4 is 10.3 Å². The summed E-state index contributed by atoms with van der Waals surface area (Å²) < 4.78 is 41.5. The van der Waals surface area contributed by atoms with Gasteiger partial charge >= 0.3 is 12.3 Å². The number of nitrogens with zero attached hydrogens (tertiary/aromatic N) is 2. The third-order valence-corrected chi connectivity index (χ3v) is 4.06. The maximum atomic E-state index is 12.7. The molecular formula is C18H10F3N3O4. The molecule has 0 saturated heterocycles. The Morgan fingerprint density at radius 1 is 1.11 bits per heavy atom. The molecular weight excluding hydrogens is 379 g/mol. The maximum absolute atomic E-state index is 12.7. The maximum Gasteiger partial charge on any atom is 0.573 e. The summed E-state index contributed by atoms with van der Waals surface area (Å²) in [6.45, 7) is 0. The number of para-hydroxylation sites is 1. The van der Waals surface area contributed by atoms with Crippen LogP contribution in [-0.2, 0) is 0 Å². The minimum atomic E-state index is -4.85. The van der Waals surface area contributed by atoms with E-state index in [4.69, 9.17) is 0 Å². The van der Waals surface area contributed by atoms with Gasteiger partial charge in [0.05, 0.1) is 11.2 Å².